The van der Waals surface area contributed by atoms with Crippen molar-refractivity contribution in [1.82, 2.24) is 0 Å². The van der Waals surface area contributed by atoms with Crippen molar-refractivity contribution < 1.29 is 19.1 Å². The van der Waals surface area contributed by atoms with Gasteiger partial charge in [-0.15, -0.1) is 0 Å². The molecule has 0 amide bonds. The summed E-state index contributed by atoms with van der Waals surface area (Å²) in [7, 11) is 2.73. The number of methoxy groups -OCH3 is 2. The molecule has 0 unspecified atom stereocenters. The number of fused-ring (bicyclic) bond motifs is 1. The van der Waals surface area contributed by atoms with Crippen LogP contribution in [-0.4, -0.2) is 26.2 Å². The van der Waals surface area contributed by atoms with E-state index in [1.807, 2.05) is 0 Å². The van der Waals surface area contributed by atoms with Crippen molar-refractivity contribution in [3.05, 3.63) is 0 Å². The van der Waals surface area contributed by atoms with Crippen LogP contribution >= 0.6 is 0 Å². The second-order valence-electron chi connectivity index (χ2n) is 4.00. The van der Waals surface area contributed by atoms with Crippen LogP contribution in [0.4, 0.5) is 0 Å². The number of carbonyl (C=O) groups is 2. The molecule has 2 fully saturated rings. The summed E-state index contributed by atoms with van der Waals surface area (Å²) >= 11 is 0. The molecule has 2 aliphatic carbocycles. The number of carbonyl (C=O) groups excluding carboxylic acids is 2. The Bertz CT molecular complexity index is 245. The van der Waals surface area contributed by atoms with Crippen molar-refractivity contribution in [2.24, 2.45) is 23.7 Å². The van der Waals surface area contributed by atoms with Crippen LogP contribution in [0.1, 0.15) is 12.8 Å². The molecule has 4 nitrogen and oxygen atoms in total. The predicted octanol–water partition coefficient (Wildman–Crippen LogP) is 0.605. The highest BCUT2D eigenvalue weighted by molar-refractivity contribution is 5.85. The SMILES string of the molecule is COC(=O)[C@H]1[C@@H]2CC[C@@H]2[C@@H]1C(=O)OC. The van der Waals surface area contributed by atoms with E-state index in [2.05, 4.69) is 9.47 Å². The lowest BCUT2D eigenvalue weighted by atomic mass is 9.47. The van der Waals surface area contributed by atoms with Gasteiger partial charge in [-0.25, -0.2) is 0 Å². The molecule has 0 aromatic heterocycles. The molecule has 0 aromatic rings. The Morgan fingerprint density at radius 2 is 1.29 bits per heavy atom. The quantitative estimate of drug-likeness (QED) is 0.610. The van der Waals surface area contributed by atoms with Crippen molar-refractivity contribution in [3.63, 3.8) is 0 Å². The summed E-state index contributed by atoms with van der Waals surface area (Å²) in [5.41, 5.74) is 0. The first kappa shape index (κ1) is 9.49. The van der Waals surface area contributed by atoms with E-state index in [9.17, 15) is 9.59 Å². The van der Waals surface area contributed by atoms with Crippen LogP contribution in [0.2, 0.25) is 0 Å². The standard InChI is InChI=1S/C10H14O4/c1-13-9(11)7-5-3-4-6(5)8(7)10(12)14-2/h5-8H,3-4H2,1-2H3/t5-,6+,7-,8-/m0/s1. The van der Waals surface area contributed by atoms with Gasteiger partial charge in [-0.05, 0) is 24.7 Å². The first-order valence-corrected chi connectivity index (χ1v) is 4.86. The molecule has 0 spiro atoms. The van der Waals surface area contributed by atoms with E-state index in [-0.39, 0.29) is 23.8 Å². The summed E-state index contributed by atoms with van der Waals surface area (Å²) in [5.74, 6) is -0.279. The normalized spacial score (nSPS) is 38.7. The van der Waals surface area contributed by atoms with Crippen LogP contribution in [0.25, 0.3) is 0 Å². The summed E-state index contributed by atoms with van der Waals surface area (Å²) < 4.78 is 9.37. The van der Waals surface area contributed by atoms with Crippen LogP contribution in [0, 0.1) is 23.7 Å². The minimum Gasteiger partial charge on any atom is -0.469 e. The van der Waals surface area contributed by atoms with E-state index in [0.717, 1.165) is 12.8 Å². The highest BCUT2D eigenvalue weighted by Crippen LogP contribution is 2.58. The topological polar surface area (TPSA) is 52.6 Å². The molecule has 78 valence electrons. The van der Waals surface area contributed by atoms with E-state index >= 15 is 0 Å². The van der Waals surface area contributed by atoms with Crippen LogP contribution in [0.3, 0.4) is 0 Å². The fourth-order valence-electron chi connectivity index (χ4n) is 2.75. The minimum atomic E-state index is -0.263. The van der Waals surface area contributed by atoms with Crippen molar-refractivity contribution in [1.29, 1.82) is 0 Å². The Labute approximate surface area is 82.6 Å². The first-order chi connectivity index (χ1) is 6.70. The third-order valence-electron chi connectivity index (χ3n) is 3.64. The fourth-order valence-corrected chi connectivity index (χ4v) is 2.75. The third kappa shape index (κ3) is 1.06. The molecular weight excluding hydrogens is 184 g/mol. The maximum absolute atomic E-state index is 11.4. The molecule has 0 aromatic carbocycles. The van der Waals surface area contributed by atoms with Crippen molar-refractivity contribution in [2.45, 2.75) is 12.8 Å². The van der Waals surface area contributed by atoms with Gasteiger partial charge in [-0.1, -0.05) is 0 Å². The summed E-state index contributed by atoms with van der Waals surface area (Å²) in [4.78, 5) is 22.8. The van der Waals surface area contributed by atoms with Gasteiger partial charge in [0.25, 0.3) is 0 Å². The number of hydrogen-bond donors (Lipinski definition) is 0. The third-order valence-corrected chi connectivity index (χ3v) is 3.64. The van der Waals surface area contributed by atoms with E-state index in [1.54, 1.807) is 0 Å². The minimum absolute atomic E-state index is 0.244. The zero-order valence-corrected chi connectivity index (χ0v) is 8.36. The summed E-state index contributed by atoms with van der Waals surface area (Å²) in [5, 5.41) is 0. The molecule has 2 saturated carbocycles. The first-order valence-electron chi connectivity index (χ1n) is 4.86. The number of ether oxygens (including phenoxy) is 2. The maximum atomic E-state index is 11.4. The number of esters is 2. The molecule has 0 heterocycles. The fraction of sp³-hybridized carbons (Fsp3) is 0.800. The molecular formula is C10H14O4. The zero-order valence-electron chi connectivity index (χ0n) is 8.36. The lowest BCUT2D eigenvalue weighted by Crippen LogP contribution is -2.59. The monoisotopic (exact) mass is 198 g/mol. The van der Waals surface area contributed by atoms with Crippen LogP contribution in [0.15, 0.2) is 0 Å². The van der Waals surface area contributed by atoms with Gasteiger partial charge in [0.05, 0.1) is 26.1 Å². The van der Waals surface area contributed by atoms with Crippen LogP contribution in [0.5, 0.6) is 0 Å². The van der Waals surface area contributed by atoms with E-state index in [0.29, 0.717) is 11.8 Å². The molecule has 0 bridgehead atoms. The second-order valence-corrected chi connectivity index (χ2v) is 4.00. The van der Waals surface area contributed by atoms with Crippen molar-refractivity contribution in [3.8, 4) is 0 Å². The molecule has 0 saturated heterocycles. The Kier molecular flexibility index (Phi) is 2.21. The number of rotatable bonds is 2. The Morgan fingerprint density at radius 3 is 1.50 bits per heavy atom. The highest BCUT2D eigenvalue weighted by Gasteiger charge is 2.62. The Hall–Kier alpha value is -1.06. The van der Waals surface area contributed by atoms with Gasteiger partial charge in [0, 0.05) is 0 Å². The van der Waals surface area contributed by atoms with E-state index < -0.39 is 0 Å². The molecule has 0 aliphatic heterocycles. The van der Waals surface area contributed by atoms with Gasteiger partial charge in [0.15, 0.2) is 0 Å². The number of hydrogen-bond acceptors (Lipinski definition) is 4. The van der Waals surface area contributed by atoms with Gasteiger partial charge >= 0.3 is 11.9 Å². The van der Waals surface area contributed by atoms with Crippen LogP contribution < -0.4 is 0 Å². The molecule has 4 atom stereocenters. The zero-order chi connectivity index (χ0) is 10.3. The summed E-state index contributed by atoms with van der Waals surface area (Å²) in [6.45, 7) is 0. The maximum Gasteiger partial charge on any atom is 0.309 e. The largest absolute Gasteiger partial charge is 0.469 e. The van der Waals surface area contributed by atoms with Crippen molar-refractivity contribution >= 4 is 11.9 Å². The predicted molar refractivity (Wildman–Crippen MR) is 47.2 cm³/mol. The van der Waals surface area contributed by atoms with E-state index in [1.165, 1.54) is 14.2 Å². The van der Waals surface area contributed by atoms with E-state index in [4.69, 9.17) is 0 Å². The smallest absolute Gasteiger partial charge is 0.309 e. The lowest BCUT2D eigenvalue weighted by Gasteiger charge is -2.56. The summed E-state index contributed by atoms with van der Waals surface area (Å²) in [6, 6.07) is 0. The Balaban J connectivity index is 2.08. The van der Waals surface area contributed by atoms with Gasteiger partial charge in [-0.3, -0.25) is 9.59 Å². The molecule has 0 radical (unpaired) electrons. The molecule has 4 heteroatoms. The molecule has 14 heavy (non-hydrogen) atoms. The van der Waals surface area contributed by atoms with Gasteiger partial charge in [0.2, 0.25) is 0 Å². The van der Waals surface area contributed by atoms with Gasteiger partial charge in [0.1, 0.15) is 0 Å². The Morgan fingerprint density at radius 1 is 0.929 bits per heavy atom. The van der Waals surface area contributed by atoms with Gasteiger partial charge < -0.3 is 9.47 Å². The molecule has 0 N–H and O–H groups in total. The average Bonchev–Trinajstić information content (AvgIpc) is 2.18. The lowest BCUT2D eigenvalue weighted by molar-refractivity contribution is -0.191. The van der Waals surface area contributed by atoms with Gasteiger partial charge in [-0.2, -0.15) is 0 Å². The highest BCUT2D eigenvalue weighted by atomic mass is 16.5. The average molecular weight is 198 g/mol. The van der Waals surface area contributed by atoms with Crippen LogP contribution in [-0.2, 0) is 19.1 Å². The van der Waals surface area contributed by atoms with Crippen molar-refractivity contribution in [2.75, 3.05) is 14.2 Å². The summed E-state index contributed by atoms with van der Waals surface area (Å²) in [6.07, 6.45) is 2.08. The molecule has 2 aliphatic rings. The second kappa shape index (κ2) is 3.26. The molecule has 2 rings (SSSR count).